The van der Waals surface area contributed by atoms with Gasteiger partial charge in [0.15, 0.2) is 0 Å². The first-order valence-corrected chi connectivity index (χ1v) is 3.79. The lowest BCUT2D eigenvalue weighted by atomic mass is 10.0. The van der Waals surface area contributed by atoms with Gasteiger partial charge in [-0.05, 0) is 6.42 Å². The summed E-state index contributed by atoms with van der Waals surface area (Å²) < 4.78 is 0. The summed E-state index contributed by atoms with van der Waals surface area (Å²) in [6.45, 7) is 0. The fraction of sp³-hybridized carbons (Fsp3) is 0.667. The third-order valence-corrected chi connectivity index (χ3v) is 2.37. The van der Waals surface area contributed by atoms with Crippen LogP contribution in [-0.2, 0) is 0 Å². The van der Waals surface area contributed by atoms with Gasteiger partial charge in [0, 0.05) is 6.04 Å². The predicted octanol–water partition coefficient (Wildman–Crippen LogP) is 1.49. The van der Waals surface area contributed by atoms with E-state index in [-0.39, 0.29) is 16.8 Å². The topological polar surface area (TPSA) is 26.0 Å². The summed E-state index contributed by atoms with van der Waals surface area (Å²) in [6.07, 6.45) is 4.70. The Labute approximate surface area is 64.8 Å². The lowest BCUT2D eigenvalue weighted by molar-refractivity contribution is 0.621. The van der Waals surface area contributed by atoms with E-state index in [4.69, 9.17) is 28.9 Å². The van der Waals surface area contributed by atoms with Gasteiger partial charge in [-0.25, -0.2) is 0 Å². The highest BCUT2D eigenvalue weighted by molar-refractivity contribution is 6.25. The molecule has 0 aromatic heterocycles. The third-order valence-electron chi connectivity index (χ3n) is 1.47. The van der Waals surface area contributed by atoms with Crippen molar-refractivity contribution in [2.24, 2.45) is 5.73 Å². The Morgan fingerprint density at radius 3 is 2.56 bits per heavy atom. The Kier molecular flexibility index (Phi) is 2.39. The Morgan fingerprint density at radius 2 is 2.11 bits per heavy atom. The van der Waals surface area contributed by atoms with Gasteiger partial charge in [0.25, 0.3) is 0 Å². The quantitative estimate of drug-likeness (QED) is 0.428. The van der Waals surface area contributed by atoms with Crippen molar-refractivity contribution in [3.05, 3.63) is 12.2 Å². The van der Waals surface area contributed by atoms with Crippen molar-refractivity contribution in [3.63, 3.8) is 0 Å². The Morgan fingerprint density at radius 1 is 1.44 bits per heavy atom. The van der Waals surface area contributed by atoms with Crippen LogP contribution in [0.4, 0.5) is 0 Å². The molecule has 0 saturated heterocycles. The summed E-state index contributed by atoms with van der Waals surface area (Å²) in [5.74, 6) is 0. The van der Waals surface area contributed by atoms with E-state index >= 15 is 0 Å². The summed E-state index contributed by atoms with van der Waals surface area (Å²) in [4.78, 5) is 0. The van der Waals surface area contributed by atoms with E-state index in [1.807, 2.05) is 12.2 Å². The molecule has 0 aromatic rings. The third kappa shape index (κ3) is 1.60. The molecule has 0 heterocycles. The van der Waals surface area contributed by atoms with E-state index in [1.165, 1.54) is 0 Å². The number of rotatable bonds is 0. The van der Waals surface area contributed by atoms with Crippen LogP contribution in [0.5, 0.6) is 0 Å². The Bertz CT molecular complexity index is 124. The molecule has 0 bridgehead atoms. The van der Waals surface area contributed by atoms with E-state index in [1.54, 1.807) is 0 Å². The van der Waals surface area contributed by atoms with Gasteiger partial charge in [0.05, 0.1) is 10.8 Å². The molecule has 2 N–H and O–H groups in total. The lowest BCUT2D eigenvalue weighted by Gasteiger charge is -2.23. The van der Waals surface area contributed by atoms with Gasteiger partial charge in [-0.3, -0.25) is 0 Å². The molecule has 3 heteroatoms. The van der Waals surface area contributed by atoms with Gasteiger partial charge >= 0.3 is 0 Å². The number of alkyl halides is 2. The normalized spacial score (nSPS) is 43.2. The zero-order valence-corrected chi connectivity index (χ0v) is 6.44. The number of allylic oxidation sites excluding steroid dienone is 1. The van der Waals surface area contributed by atoms with Gasteiger partial charge < -0.3 is 5.73 Å². The molecule has 0 spiro atoms. The molecule has 1 aliphatic carbocycles. The minimum absolute atomic E-state index is 0.0116. The molecule has 1 aliphatic rings. The first-order valence-electron chi connectivity index (χ1n) is 2.92. The zero-order chi connectivity index (χ0) is 6.85. The van der Waals surface area contributed by atoms with Crippen LogP contribution in [0.15, 0.2) is 12.2 Å². The summed E-state index contributed by atoms with van der Waals surface area (Å²) in [5.41, 5.74) is 5.61. The molecular formula is C6H9Cl2N. The lowest BCUT2D eigenvalue weighted by Crippen LogP contribution is -2.40. The molecule has 52 valence electrons. The molecule has 3 atom stereocenters. The average Bonchev–Trinajstić information content (AvgIpc) is 1.83. The maximum absolute atomic E-state index is 5.80. The van der Waals surface area contributed by atoms with E-state index < -0.39 is 0 Å². The van der Waals surface area contributed by atoms with Crippen molar-refractivity contribution >= 4 is 23.2 Å². The van der Waals surface area contributed by atoms with Crippen LogP contribution in [0, 0.1) is 0 Å². The van der Waals surface area contributed by atoms with Crippen molar-refractivity contribution in [2.45, 2.75) is 23.2 Å². The number of hydrogen-bond acceptors (Lipinski definition) is 1. The summed E-state index contributed by atoms with van der Waals surface area (Å²) in [7, 11) is 0. The van der Waals surface area contributed by atoms with E-state index in [9.17, 15) is 0 Å². The molecule has 0 fully saturated rings. The number of nitrogens with two attached hydrogens (primary N) is 1. The predicted molar refractivity (Wildman–Crippen MR) is 41.0 cm³/mol. The standard InChI is InChI=1S/C6H9Cl2N/c7-4-2-1-3-5(8)6(4)9/h1-2,4-6H,3,9H2. The Hall–Kier alpha value is 0.280. The van der Waals surface area contributed by atoms with Crippen LogP contribution in [0.2, 0.25) is 0 Å². The fourth-order valence-electron chi connectivity index (χ4n) is 0.823. The highest BCUT2D eigenvalue weighted by Gasteiger charge is 2.23. The van der Waals surface area contributed by atoms with Crippen molar-refractivity contribution in [3.8, 4) is 0 Å². The van der Waals surface area contributed by atoms with Crippen LogP contribution in [0.25, 0.3) is 0 Å². The highest BCUT2D eigenvalue weighted by atomic mass is 35.5. The van der Waals surface area contributed by atoms with Crippen LogP contribution in [0.1, 0.15) is 6.42 Å². The largest absolute Gasteiger partial charge is 0.325 e. The molecule has 0 aromatic carbocycles. The van der Waals surface area contributed by atoms with E-state index in [0.29, 0.717) is 0 Å². The van der Waals surface area contributed by atoms with E-state index in [2.05, 4.69) is 0 Å². The molecule has 3 unspecified atom stereocenters. The van der Waals surface area contributed by atoms with Crippen LogP contribution in [0.3, 0.4) is 0 Å². The average molecular weight is 166 g/mol. The summed E-state index contributed by atoms with van der Waals surface area (Å²) in [5, 5.41) is -0.0706. The fourth-order valence-corrected chi connectivity index (χ4v) is 1.44. The second-order valence-electron chi connectivity index (χ2n) is 2.20. The first-order chi connectivity index (χ1) is 4.22. The molecule has 0 amide bonds. The van der Waals surface area contributed by atoms with Gasteiger partial charge in [-0.15, -0.1) is 23.2 Å². The van der Waals surface area contributed by atoms with Crippen LogP contribution < -0.4 is 5.73 Å². The van der Waals surface area contributed by atoms with E-state index in [0.717, 1.165) is 6.42 Å². The summed E-state index contributed by atoms with van der Waals surface area (Å²) in [6, 6.07) is -0.0849. The second kappa shape index (κ2) is 2.91. The smallest absolute Gasteiger partial charge is 0.0681 e. The van der Waals surface area contributed by atoms with Gasteiger partial charge in [0.2, 0.25) is 0 Å². The SMILES string of the molecule is NC1C(Cl)C=CCC1Cl. The molecule has 1 rings (SSSR count). The first kappa shape index (κ1) is 7.39. The monoisotopic (exact) mass is 165 g/mol. The highest BCUT2D eigenvalue weighted by Crippen LogP contribution is 2.19. The van der Waals surface area contributed by atoms with Gasteiger partial charge in [0.1, 0.15) is 0 Å². The number of halogens is 2. The molecule has 0 aliphatic heterocycles. The molecular weight excluding hydrogens is 157 g/mol. The molecule has 1 nitrogen and oxygen atoms in total. The molecule has 9 heavy (non-hydrogen) atoms. The maximum Gasteiger partial charge on any atom is 0.0681 e. The van der Waals surface area contributed by atoms with Crippen LogP contribution >= 0.6 is 23.2 Å². The zero-order valence-electron chi connectivity index (χ0n) is 4.93. The van der Waals surface area contributed by atoms with Crippen molar-refractivity contribution in [2.75, 3.05) is 0 Å². The maximum atomic E-state index is 5.80. The van der Waals surface area contributed by atoms with Gasteiger partial charge in [-0.1, -0.05) is 12.2 Å². The Balaban J connectivity index is 2.58. The second-order valence-corrected chi connectivity index (χ2v) is 3.27. The van der Waals surface area contributed by atoms with Gasteiger partial charge in [-0.2, -0.15) is 0 Å². The van der Waals surface area contributed by atoms with Crippen molar-refractivity contribution in [1.82, 2.24) is 0 Å². The minimum atomic E-state index is -0.0849. The number of hydrogen-bond donors (Lipinski definition) is 1. The summed E-state index contributed by atoms with van der Waals surface area (Å²) >= 11 is 11.6. The molecule has 0 radical (unpaired) electrons. The van der Waals surface area contributed by atoms with Crippen molar-refractivity contribution in [1.29, 1.82) is 0 Å². The molecule has 0 saturated carbocycles. The van der Waals surface area contributed by atoms with Crippen LogP contribution in [-0.4, -0.2) is 16.8 Å². The minimum Gasteiger partial charge on any atom is -0.325 e. The van der Waals surface area contributed by atoms with Crippen molar-refractivity contribution < 1.29 is 0 Å².